The van der Waals surface area contributed by atoms with Crippen LogP contribution in [0.2, 0.25) is 0 Å². The highest BCUT2D eigenvalue weighted by atomic mass is 32.1. The number of primary amides is 1. The Morgan fingerprint density at radius 3 is 2.67 bits per heavy atom. The maximum atomic E-state index is 10.2. The summed E-state index contributed by atoms with van der Waals surface area (Å²) < 4.78 is 0. The zero-order valence-electron chi connectivity index (χ0n) is 7.02. The van der Waals surface area contributed by atoms with Crippen LogP contribution in [0, 0.1) is 0 Å². The van der Waals surface area contributed by atoms with Crippen molar-refractivity contribution in [1.82, 2.24) is 16.2 Å². The molecule has 0 aliphatic carbocycles. The summed E-state index contributed by atoms with van der Waals surface area (Å²) in [7, 11) is 0. The van der Waals surface area contributed by atoms with Crippen molar-refractivity contribution in [3.8, 4) is 0 Å². The van der Waals surface area contributed by atoms with Crippen molar-refractivity contribution in [3.63, 3.8) is 0 Å². The van der Waals surface area contributed by atoms with Gasteiger partial charge in [0.2, 0.25) is 0 Å². The highest BCUT2D eigenvalue weighted by Gasteiger charge is 1.93. The lowest BCUT2D eigenvalue weighted by atomic mass is 10.3. The van der Waals surface area contributed by atoms with Gasteiger partial charge in [-0.2, -0.15) is 0 Å². The van der Waals surface area contributed by atoms with Gasteiger partial charge in [-0.1, -0.05) is 13.3 Å². The molecule has 0 aliphatic rings. The van der Waals surface area contributed by atoms with Crippen LogP contribution in [-0.2, 0) is 0 Å². The van der Waals surface area contributed by atoms with E-state index in [0.717, 1.165) is 19.4 Å². The van der Waals surface area contributed by atoms with E-state index in [4.69, 9.17) is 18.0 Å². The lowest BCUT2D eigenvalue weighted by Crippen LogP contribution is -2.48. The summed E-state index contributed by atoms with van der Waals surface area (Å²) in [5.74, 6) is 0. The van der Waals surface area contributed by atoms with Crippen molar-refractivity contribution in [3.05, 3.63) is 0 Å². The Labute approximate surface area is 77.0 Å². The Morgan fingerprint density at radius 2 is 2.17 bits per heavy atom. The van der Waals surface area contributed by atoms with Crippen LogP contribution < -0.4 is 21.9 Å². The van der Waals surface area contributed by atoms with Crippen LogP contribution in [0.4, 0.5) is 4.79 Å². The number of carbonyl (C=O) groups is 1. The number of nitrogens with two attached hydrogens (primary N) is 1. The third-order valence-electron chi connectivity index (χ3n) is 1.12. The van der Waals surface area contributed by atoms with Gasteiger partial charge >= 0.3 is 6.03 Å². The largest absolute Gasteiger partial charge is 0.361 e. The lowest BCUT2D eigenvalue weighted by Gasteiger charge is -2.08. The summed E-state index contributed by atoms with van der Waals surface area (Å²) >= 11 is 4.79. The molecule has 70 valence electrons. The fourth-order valence-corrected chi connectivity index (χ4v) is 0.694. The minimum atomic E-state index is -0.658. The predicted octanol–water partition coefficient (Wildman–Crippen LogP) is -0.166. The zero-order valence-corrected chi connectivity index (χ0v) is 7.83. The predicted molar refractivity (Wildman–Crippen MR) is 51.4 cm³/mol. The van der Waals surface area contributed by atoms with E-state index in [0.29, 0.717) is 5.11 Å². The van der Waals surface area contributed by atoms with Gasteiger partial charge in [-0.05, 0) is 18.6 Å². The summed E-state index contributed by atoms with van der Waals surface area (Å²) in [4.78, 5) is 10.2. The molecule has 0 fully saturated rings. The van der Waals surface area contributed by atoms with Crippen LogP contribution in [0.5, 0.6) is 0 Å². The number of amides is 2. The molecular weight excluding hydrogens is 176 g/mol. The third kappa shape index (κ3) is 7.07. The number of hydrazine groups is 1. The van der Waals surface area contributed by atoms with Gasteiger partial charge in [-0.3, -0.25) is 5.43 Å². The molecule has 0 saturated heterocycles. The van der Waals surface area contributed by atoms with Gasteiger partial charge < -0.3 is 11.1 Å². The number of urea groups is 1. The monoisotopic (exact) mass is 190 g/mol. The normalized spacial score (nSPS) is 8.75. The molecule has 0 aromatic rings. The first-order valence-corrected chi connectivity index (χ1v) is 4.17. The van der Waals surface area contributed by atoms with Crippen LogP contribution in [0.1, 0.15) is 19.8 Å². The van der Waals surface area contributed by atoms with Crippen molar-refractivity contribution in [1.29, 1.82) is 0 Å². The Hall–Kier alpha value is -1.04. The van der Waals surface area contributed by atoms with Crippen molar-refractivity contribution in [2.75, 3.05) is 6.54 Å². The summed E-state index contributed by atoms with van der Waals surface area (Å²) in [6.45, 7) is 2.88. The maximum Gasteiger partial charge on any atom is 0.330 e. The Balaban J connectivity index is 3.28. The number of rotatable bonds is 3. The van der Waals surface area contributed by atoms with Crippen LogP contribution in [0.3, 0.4) is 0 Å². The molecule has 0 unspecified atom stereocenters. The molecule has 5 N–H and O–H groups in total. The fourth-order valence-electron chi connectivity index (χ4n) is 0.541. The standard InChI is InChI=1S/C6H14N4OS/c1-2-3-4-8-6(12)10-9-5(7)11/h2-4H2,1H3,(H3,7,9,11)(H2,8,10,12). The van der Waals surface area contributed by atoms with E-state index in [1.54, 1.807) is 0 Å². The molecule has 5 nitrogen and oxygen atoms in total. The number of nitrogens with one attached hydrogen (secondary N) is 3. The highest BCUT2D eigenvalue weighted by molar-refractivity contribution is 7.80. The average Bonchev–Trinajstić information content (AvgIpc) is 2.01. The van der Waals surface area contributed by atoms with E-state index in [9.17, 15) is 4.79 Å². The first-order chi connectivity index (χ1) is 5.66. The van der Waals surface area contributed by atoms with Crippen molar-refractivity contribution in [2.45, 2.75) is 19.8 Å². The zero-order chi connectivity index (χ0) is 9.40. The molecule has 0 aromatic heterocycles. The summed E-state index contributed by atoms with van der Waals surface area (Å²) in [5.41, 5.74) is 9.39. The molecule has 0 bridgehead atoms. The quantitative estimate of drug-likeness (QED) is 0.283. The molecule has 0 aliphatic heterocycles. The maximum absolute atomic E-state index is 10.2. The summed E-state index contributed by atoms with van der Waals surface area (Å²) in [6.07, 6.45) is 2.14. The molecule has 0 atom stereocenters. The number of thiocarbonyl (C=S) groups is 1. The summed E-state index contributed by atoms with van der Waals surface area (Å²) in [5, 5.41) is 3.27. The van der Waals surface area contributed by atoms with E-state index in [1.807, 2.05) is 0 Å². The fraction of sp³-hybridized carbons (Fsp3) is 0.667. The first-order valence-electron chi connectivity index (χ1n) is 3.76. The molecule has 2 amide bonds. The van der Waals surface area contributed by atoms with Crippen molar-refractivity contribution in [2.24, 2.45) is 5.73 Å². The van der Waals surface area contributed by atoms with Gasteiger partial charge in [-0.25, -0.2) is 10.2 Å². The highest BCUT2D eigenvalue weighted by Crippen LogP contribution is 1.81. The molecule has 0 radical (unpaired) electrons. The Morgan fingerprint density at radius 1 is 1.50 bits per heavy atom. The molecule has 0 aromatic carbocycles. The van der Waals surface area contributed by atoms with Gasteiger partial charge in [0.05, 0.1) is 0 Å². The molecular formula is C6H14N4OS. The Kier molecular flexibility index (Phi) is 6.08. The molecule has 0 rings (SSSR count). The number of hydrogen-bond donors (Lipinski definition) is 4. The van der Waals surface area contributed by atoms with Crippen molar-refractivity contribution >= 4 is 23.4 Å². The number of carbonyl (C=O) groups excluding carboxylic acids is 1. The smallest absolute Gasteiger partial charge is 0.330 e. The molecule has 0 spiro atoms. The average molecular weight is 190 g/mol. The number of hydrogen-bond acceptors (Lipinski definition) is 2. The molecule has 0 heterocycles. The second-order valence-electron chi connectivity index (χ2n) is 2.22. The van der Waals surface area contributed by atoms with E-state index in [2.05, 4.69) is 23.1 Å². The molecule has 12 heavy (non-hydrogen) atoms. The van der Waals surface area contributed by atoms with Crippen LogP contribution in [0.15, 0.2) is 0 Å². The molecule has 0 saturated carbocycles. The second-order valence-corrected chi connectivity index (χ2v) is 2.63. The minimum absolute atomic E-state index is 0.377. The first kappa shape index (κ1) is 11.0. The SMILES string of the molecule is CCCCNC(=S)NNC(N)=O. The Bertz CT molecular complexity index is 162. The van der Waals surface area contributed by atoms with Gasteiger partial charge in [0.15, 0.2) is 5.11 Å². The minimum Gasteiger partial charge on any atom is -0.361 e. The van der Waals surface area contributed by atoms with Crippen LogP contribution in [0.25, 0.3) is 0 Å². The van der Waals surface area contributed by atoms with Gasteiger partial charge in [0.1, 0.15) is 0 Å². The van der Waals surface area contributed by atoms with E-state index < -0.39 is 6.03 Å². The van der Waals surface area contributed by atoms with E-state index in [1.165, 1.54) is 0 Å². The van der Waals surface area contributed by atoms with Gasteiger partial charge in [0.25, 0.3) is 0 Å². The topological polar surface area (TPSA) is 79.2 Å². The lowest BCUT2D eigenvalue weighted by molar-refractivity contribution is 0.247. The van der Waals surface area contributed by atoms with Crippen molar-refractivity contribution < 1.29 is 4.79 Å². The number of unbranched alkanes of at least 4 members (excludes halogenated alkanes) is 1. The molecule has 6 heteroatoms. The van der Waals surface area contributed by atoms with Crippen LogP contribution in [-0.4, -0.2) is 17.7 Å². The summed E-state index contributed by atoms with van der Waals surface area (Å²) in [6, 6.07) is -0.658. The van der Waals surface area contributed by atoms with Crippen LogP contribution >= 0.6 is 12.2 Å². The van der Waals surface area contributed by atoms with E-state index >= 15 is 0 Å². The third-order valence-corrected chi connectivity index (χ3v) is 1.36. The van der Waals surface area contributed by atoms with Gasteiger partial charge in [0, 0.05) is 6.54 Å². The van der Waals surface area contributed by atoms with Gasteiger partial charge in [-0.15, -0.1) is 0 Å². The van der Waals surface area contributed by atoms with E-state index in [-0.39, 0.29) is 0 Å². The second kappa shape index (κ2) is 6.66.